The van der Waals surface area contributed by atoms with Gasteiger partial charge >= 0.3 is 0 Å². The third-order valence-electron chi connectivity index (χ3n) is 6.86. The van der Waals surface area contributed by atoms with Crippen molar-refractivity contribution >= 4 is 35.8 Å². The van der Waals surface area contributed by atoms with Gasteiger partial charge in [0.05, 0.1) is 0 Å². The van der Waals surface area contributed by atoms with E-state index >= 15 is 0 Å². The Morgan fingerprint density at radius 2 is 2.10 bits per heavy atom. The number of pyridine rings is 1. The Labute approximate surface area is 200 Å². The zero-order valence-electron chi connectivity index (χ0n) is 17.9. The molecule has 1 aromatic heterocycles. The minimum Gasteiger partial charge on any atom is -0.357 e. The van der Waals surface area contributed by atoms with Gasteiger partial charge in [0.2, 0.25) is 0 Å². The molecule has 2 N–H and O–H groups in total. The lowest BCUT2D eigenvalue weighted by Crippen LogP contribution is -2.44. The largest absolute Gasteiger partial charge is 0.357 e. The quantitative estimate of drug-likeness (QED) is 0.346. The molecule has 5 rings (SSSR count). The highest BCUT2D eigenvalue weighted by Gasteiger charge is 2.52. The molecule has 1 aliphatic heterocycles. The van der Waals surface area contributed by atoms with E-state index in [2.05, 4.69) is 46.8 Å². The normalized spacial score (nSPS) is 26.5. The molecule has 2 heterocycles. The topological polar surface area (TPSA) is 52.6 Å². The first-order chi connectivity index (χ1) is 14.7. The Morgan fingerprint density at radius 3 is 2.94 bits per heavy atom. The summed E-state index contributed by atoms with van der Waals surface area (Å²) in [7, 11) is 0. The van der Waals surface area contributed by atoms with Crippen LogP contribution in [0.4, 0.5) is 10.2 Å². The third kappa shape index (κ3) is 4.66. The molecule has 2 aromatic rings. The number of rotatable bonds is 5. The number of hydrogen-bond acceptors (Lipinski definition) is 3. The van der Waals surface area contributed by atoms with Crippen molar-refractivity contribution in [1.29, 1.82) is 0 Å². The standard InChI is InChI=1S/C24H30FN5.HI/c1-2-26-24(29-17-11-13-30(15-17)23-21(25)8-5-12-27-23)28-14-20-19-10-9-16-6-3-4-7-18(16)22(19)20;/h3-8,12,17,19-20,22H,2,9-11,13-15H2,1H3,(H2,26,28,29);1H. The maximum Gasteiger partial charge on any atom is 0.191 e. The fourth-order valence-electron chi connectivity index (χ4n) is 5.35. The van der Waals surface area contributed by atoms with Gasteiger partial charge in [0, 0.05) is 38.4 Å². The summed E-state index contributed by atoms with van der Waals surface area (Å²) in [4.78, 5) is 11.2. The number of nitrogens with one attached hydrogen (secondary N) is 2. The summed E-state index contributed by atoms with van der Waals surface area (Å²) >= 11 is 0. The molecule has 0 bridgehead atoms. The lowest BCUT2D eigenvalue weighted by molar-refractivity contribution is 0.611. The lowest BCUT2D eigenvalue weighted by Gasteiger charge is -2.20. The Kier molecular flexibility index (Phi) is 6.99. The molecular weight excluding hydrogens is 504 g/mol. The summed E-state index contributed by atoms with van der Waals surface area (Å²) in [5, 5.41) is 6.96. The highest BCUT2D eigenvalue weighted by atomic mass is 127. The van der Waals surface area contributed by atoms with E-state index in [9.17, 15) is 4.39 Å². The molecule has 0 radical (unpaired) electrons. The second-order valence-corrected chi connectivity index (χ2v) is 8.70. The van der Waals surface area contributed by atoms with Crippen molar-refractivity contribution in [3.63, 3.8) is 0 Å². The minimum atomic E-state index is -0.254. The predicted octanol–water partition coefficient (Wildman–Crippen LogP) is 3.95. The first-order valence-corrected chi connectivity index (χ1v) is 11.2. The van der Waals surface area contributed by atoms with Crippen molar-refractivity contribution < 1.29 is 4.39 Å². The number of nitrogens with zero attached hydrogens (tertiary/aromatic N) is 3. The number of aromatic nitrogens is 1. The van der Waals surface area contributed by atoms with Gasteiger partial charge in [-0.25, -0.2) is 9.37 Å². The van der Waals surface area contributed by atoms with E-state index < -0.39 is 0 Å². The van der Waals surface area contributed by atoms with Gasteiger partial charge in [0.25, 0.3) is 0 Å². The fourth-order valence-corrected chi connectivity index (χ4v) is 5.35. The van der Waals surface area contributed by atoms with Crippen LogP contribution < -0.4 is 15.5 Å². The van der Waals surface area contributed by atoms with Crippen LogP contribution in [-0.4, -0.2) is 43.2 Å². The number of aryl methyl sites for hydroxylation is 1. The Balaban J connectivity index is 0.00000231. The summed E-state index contributed by atoms with van der Waals surface area (Å²) in [6.07, 6.45) is 5.09. The average Bonchev–Trinajstić information content (AvgIpc) is 3.30. The number of benzene rings is 1. The van der Waals surface area contributed by atoms with Gasteiger partial charge < -0.3 is 15.5 Å². The molecule has 1 aromatic carbocycles. The number of anilines is 1. The van der Waals surface area contributed by atoms with Crippen LogP contribution >= 0.6 is 24.0 Å². The number of halogens is 2. The van der Waals surface area contributed by atoms with Crippen LogP contribution in [0.3, 0.4) is 0 Å². The summed E-state index contributed by atoms with van der Waals surface area (Å²) in [6.45, 7) is 5.32. The summed E-state index contributed by atoms with van der Waals surface area (Å²) in [5.74, 6) is 3.21. The van der Waals surface area contributed by atoms with E-state index in [-0.39, 0.29) is 35.8 Å². The molecule has 5 nitrogen and oxygen atoms in total. The van der Waals surface area contributed by atoms with Gasteiger partial charge in [-0.15, -0.1) is 24.0 Å². The fraction of sp³-hybridized carbons (Fsp3) is 0.500. The molecule has 31 heavy (non-hydrogen) atoms. The van der Waals surface area contributed by atoms with E-state index in [0.717, 1.165) is 44.5 Å². The molecule has 2 fully saturated rings. The molecule has 7 heteroatoms. The van der Waals surface area contributed by atoms with Crippen LogP contribution in [0, 0.1) is 17.7 Å². The Morgan fingerprint density at radius 1 is 1.23 bits per heavy atom. The molecule has 1 saturated heterocycles. The second kappa shape index (κ2) is 9.71. The van der Waals surface area contributed by atoms with E-state index in [1.54, 1.807) is 17.8 Å². The van der Waals surface area contributed by atoms with Crippen LogP contribution in [0.25, 0.3) is 0 Å². The molecule has 2 aliphatic carbocycles. The monoisotopic (exact) mass is 535 g/mol. The van der Waals surface area contributed by atoms with Crippen molar-refractivity contribution in [2.45, 2.75) is 38.1 Å². The van der Waals surface area contributed by atoms with Crippen molar-refractivity contribution in [3.8, 4) is 0 Å². The predicted molar refractivity (Wildman–Crippen MR) is 134 cm³/mol. The van der Waals surface area contributed by atoms with Gasteiger partial charge in [-0.1, -0.05) is 24.3 Å². The number of guanidine groups is 1. The third-order valence-corrected chi connectivity index (χ3v) is 6.86. The van der Waals surface area contributed by atoms with Crippen LogP contribution in [0.2, 0.25) is 0 Å². The summed E-state index contributed by atoms with van der Waals surface area (Å²) < 4.78 is 14.1. The first kappa shape index (κ1) is 22.3. The van der Waals surface area contributed by atoms with Crippen LogP contribution in [0.1, 0.15) is 36.8 Å². The molecular formula is C24H31FIN5. The Hall–Kier alpha value is -1.90. The Bertz CT molecular complexity index is 936. The maximum absolute atomic E-state index is 14.1. The van der Waals surface area contributed by atoms with Crippen molar-refractivity contribution in [2.24, 2.45) is 16.8 Å². The zero-order chi connectivity index (χ0) is 20.5. The van der Waals surface area contributed by atoms with Gasteiger partial charge in [-0.05, 0) is 67.2 Å². The van der Waals surface area contributed by atoms with Crippen molar-refractivity contribution in [1.82, 2.24) is 15.6 Å². The number of fused-ring (bicyclic) bond motifs is 3. The van der Waals surface area contributed by atoms with Crippen molar-refractivity contribution in [3.05, 3.63) is 59.5 Å². The molecule has 166 valence electrons. The van der Waals surface area contributed by atoms with E-state index in [1.807, 2.05) is 4.90 Å². The lowest BCUT2D eigenvalue weighted by atomic mass is 9.92. The summed E-state index contributed by atoms with van der Waals surface area (Å²) in [5.41, 5.74) is 3.08. The first-order valence-electron chi connectivity index (χ1n) is 11.2. The molecule has 1 saturated carbocycles. The highest BCUT2D eigenvalue weighted by molar-refractivity contribution is 14.0. The molecule has 4 unspecified atom stereocenters. The van der Waals surface area contributed by atoms with Crippen LogP contribution in [0.5, 0.6) is 0 Å². The van der Waals surface area contributed by atoms with Crippen LogP contribution in [0.15, 0.2) is 47.6 Å². The van der Waals surface area contributed by atoms with E-state index in [1.165, 1.54) is 24.5 Å². The number of aliphatic imine (C=N–C) groups is 1. The summed E-state index contributed by atoms with van der Waals surface area (Å²) in [6, 6.07) is 12.3. The smallest absolute Gasteiger partial charge is 0.191 e. The molecule has 0 spiro atoms. The van der Waals surface area contributed by atoms with Crippen molar-refractivity contribution in [2.75, 3.05) is 31.1 Å². The second-order valence-electron chi connectivity index (χ2n) is 8.70. The highest BCUT2D eigenvalue weighted by Crippen LogP contribution is 2.59. The zero-order valence-corrected chi connectivity index (χ0v) is 20.3. The van der Waals surface area contributed by atoms with E-state index in [0.29, 0.717) is 17.7 Å². The van der Waals surface area contributed by atoms with Gasteiger partial charge in [0.15, 0.2) is 17.6 Å². The van der Waals surface area contributed by atoms with Gasteiger partial charge in [-0.2, -0.15) is 0 Å². The minimum absolute atomic E-state index is 0. The maximum atomic E-state index is 14.1. The SMILES string of the molecule is CCNC(=NCC1C2CCc3ccccc3C21)NC1CCN(c2ncccc2F)C1.I. The molecule has 0 amide bonds. The average molecular weight is 535 g/mol. The van der Waals surface area contributed by atoms with Gasteiger partial charge in [-0.3, -0.25) is 4.99 Å². The molecule has 3 aliphatic rings. The molecule has 4 atom stereocenters. The number of hydrogen-bond donors (Lipinski definition) is 2. The van der Waals surface area contributed by atoms with Gasteiger partial charge in [0.1, 0.15) is 0 Å². The van der Waals surface area contributed by atoms with Crippen LogP contribution in [-0.2, 0) is 6.42 Å². The van der Waals surface area contributed by atoms with E-state index in [4.69, 9.17) is 4.99 Å².